The summed E-state index contributed by atoms with van der Waals surface area (Å²) in [5.41, 5.74) is 4.85. The van der Waals surface area contributed by atoms with Crippen LogP contribution in [0.4, 0.5) is 0 Å². The van der Waals surface area contributed by atoms with Crippen molar-refractivity contribution in [1.29, 1.82) is 0 Å². The maximum atomic E-state index is 11.1. The Morgan fingerprint density at radius 2 is 1.42 bits per heavy atom. The van der Waals surface area contributed by atoms with Crippen molar-refractivity contribution < 1.29 is 5.11 Å². The molecule has 0 aliphatic heterocycles. The van der Waals surface area contributed by atoms with E-state index in [2.05, 4.69) is 35.6 Å². The van der Waals surface area contributed by atoms with E-state index in [1.807, 2.05) is 48.5 Å². The molecule has 1 unspecified atom stereocenters. The highest BCUT2D eigenvalue weighted by Crippen LogP contribution is 2.42. The van der Waals surface area contributed by atoms with Gasteiger partial charge in [-0.25, -0.2) is 0 Å². The van der Waals surface area contributed by atoms with Crippen LogP contribution in [0, 0.1) is 0 Å². The van der Waals surface area contributed by atoms with Gasteiger partial charge in [-0.05, 0) is 40.8 Å². The molecule has 0 fully saturated rings. The molecule has 0 radical (unpaired) electrons. The van der Waals surface area contributed by atoms with Gasteiger partial charge < -0.3 is 10.4 Å². The first-order valence-corrected chi connectivity index (χ1v) is 9.39. The monoisotopic (exact) mass is 363 g/mol. The molecular weight excluding hydrogens is 342 g/mol. The van der Waals surface area contributed by atoms with Gasteiger partial charge in [0.05, 0.1) is 12.1 Å². The third-order valence-electron chi connectivity index (χ3n) is 5.22. The van der Waals surface area contributed by atoms with E-state index in [1.54, 1.807) is 0 Å². The minimum Gasteiger partial charge on any atom is -0.390 e. The second-order valence-corrected chi connectivity index (χ2v) is 7.34. The molecule has 0 aromatic heterocycles. The summed E-state index contributed by atoms with van der Waals surface area (Å²) in [6, 6.07) is 26.5. The second-order valence-electron chi connectivity index (χ2n) is 6.90. The maximum Gasteiger partial charge on any atom is 0.0806 e. The van der Waals surface area contributed by atoms with Crippen LogP contribution >= 0.6 is 11.6 Å². The molecule has 2 nitrogen and oxygen atoms in total. The Labute approximate surface area is 159 Å². The van der Waals surface area contributed by atoms with Crippen molar-refractivity contribution in [3.8, 4) is 0 Å². The molecule has 3 atom stereocenters. The van der Waals surface area contributed by atoms with Gasteiger partial charge in [-0.2, -0.15) is 0 Å². The van der Waals surface area contributed by atoms with E-state index in [4.69, 9.17) is 11.6 Å². The highest BCUT2D eigenvalue weighted by molar-refractivity contribution is 6.30. The first-order valence-electron chi connectivity index (χ1n) is 9.01. The smallest absolute Gasteiger partial charge is 0.0806 e. The molecule has 2 N–H and O–H groups in total. The molecule has 1 aliphatic rings. The number of hydrogen-bond donors (Lipinski definition) is 2. The van der Waals surface area contributed by atoms with Crippen molar-refractivity contribution in [2.75, 3.05) is 0 Å². The molecule has 0 heterocycles. The summed E-state index contributed by atoms with van der Waals surface area (Å²) in [5, 5.41) is 15.4. The molecule has 132 valence electrons. The molecule has 4 rings (SSSR count). The normalized spacial score (nSPS) is 21.5. The SMILES string of the molecule is OC1[C@@H](Cc2ccc(Cl)cc2)c2ccccc2[C@@H]1NCc1ccccc1. The number of hydrogen-bond acceptors (Lipinski definition) is 2. The van der Waals surface area contributed by atoms with Crippen molar-refractivity contribution in [2.45, 2.75) is 31.0 Å². The van der Waals surface area contributed by atoms with Crippen LogP contribution in [-0.2, 0) is 13.0 Å². The molecule has 3 aromatic carbocycles. The first kappa shape index (κ1) is 17.3. The summed E-state index contributed by atoms with van der Waals surface area (Å²) in [5.74, 6) is 0.0839. The lowest BCUT2D eigenvalue weighted by molar-refractivity contribution is 0.114. The first-order chi connectivity index (χ1) is 12.7. The minimum absolute atomic E-state index is 0.0521. The molecule has 1 aliphatic carbocycles. The van der Waals surface area contributed by atoms with Crippen LogP contribution in [0.15, 0.2) is 78.9 Å². The number of benzene rings is 3. The highest BCUT2D eigenvalue weighted by Gasteiger charge is 2.38. The van der Waals surface area contributed by atoms with E-state index in [0.29, 0.717) is 0 Å². The fourth-order valence-corrected chi connectivity index (χ4v) is 4.02. The number of nitrogens with one attached hydrogen (secondary N) is 1. The Balaban J connectivity index is 1.56. The summed E-state index contributed by atoms with van der Waals surface area (Å²) in [4.78, 5) is 0. The second kappa shape index (κ2) is 7.63. The summed E-state index contributed by atoms with van der Waals surface area (Å²) < 4.78 is 0. The van der Waals surface area contributed by atoms with Crippen molar-refractivity contribution in [1.82, 2.24) is 5.32 Å². The zero-order valence-corrected chi connectivity index (χ0v) is 15.2. The fourth-order valence-electron chi connectivity index (χ4n) is 3.89. The molecule has 3 aromatic rings. The van der Waals surface area contributed by atoms with Crippen molar-refractivity contribution in [3.63, 3.8) is 0 Å². The molecule has 26 heavy (non-hydrogen) atoms. The van der Waals surface area contributed by atoms with Gasteiger partial charge >= 0.3 is 0 Å². The molecule has 3 heteroatoms. The van der Waals surface area contributed by atoms with Crippen LogP contribution in [0.5, 0.6) is 0 Å². The van der Waals surface area contributed by atoms with Crippen molar-refractivity contribution in [2.24, 2.45) is 0 Å². The third kappa shape index (κ3) is 3.54. The Kier molecular flexibility index (Phi) is 5.07. The maximum absolute atomic E-state index is 11.1. The lowest BCUT2D eigenvalue weighted by Gasteiger charge is -2.22. The number of fused-ring (bicyclic) bond motifs is 1. The van der Waals surface area contributed by atoms with Gasteiger partial charge in [-0.15, -0.1) is 0 Å². The van der Waals surface area contributed by atoms with E-state index < -0.39 is 6.10 Å². The Morgan fingerprint density at radius 3 is 2.15 bits per heavy atom. The van der Waals surface area contributed by atoms with Gasteiger partial charge in [0.1, 0.15) is 0 Å². The zero-order valence-electron chi connectivity index (χ0n) is 14.5. The van der Waals surface area contributed by atoms with Crippen LogP contribution in [0.1, 0.15) is 34.2 Å². The average Bonchev–Trinajstić information content (AvgIpc) is 2.94. The number of halogens is 1. The van der Waals surface area contributed by atoms with Gasteiger partial charge in [0.15, 0.2) is 0 Å². The Hall–Kier alpha value is -2.13. The minimum atomic E-state index is -0.452. The number of rotatable bonds is 5. The van der Waals surface area contributed by atoms with Crippen LogP contribution in [-0.4, -0.2) is 11.2 Å². The van der Waals surface area contributed by atoms with Gasteiger partial charge in [-0.1, -0.05) is 78.3 Å². The molecule has 0 bridgehead atoms. The number of aliphatic hydroxyl groups excluding tert-OH is 1. The average molecular weight is 364 g/mol. The van der Waals surface area contributed by atoms with Gasteiger partial charge in [-0.3, -0.25) is 0 Å². The summed E-state index contributed by atoms with van der Waals surface area (Å²) in [7, 11) is 0. The van der Waals surface area contributed by atoms with Crippen LogP contribution in [0.25, 0.3) is 0 Å². The van der Waals surface area contributed by atoms with E-state index in [0.717, 1.165) is 18.0 Å². The molecule has 0 saturated carbocycles. The summed E-state index contributed by atoms with van der Waals surface area (Å²) >= 11 is 6.00. The van der Waals surface area contributed by atoms with Crippen molar-refractivity contribution >= 4 is 11.6 Å². The van der Waals surface area contributed by atoms with E-state index in [9.17, 15) is 5.11 Å². The predicted molar refractivity (Wildman–Crippen MR) is 106 cm³/mol. The van der Waals surface area contributed by atoms with Crippen LogP contribution in [0.2, 0.25) is 5.02 Å². The number of aliphatic hydroxyl groups is 1. The third-order valence-corrected chi connectivity index (χ3v) is 5.47. The quantitative estimate of drug-likeness (QED) is 0.677. The predicted octanol–water partition coefficient (Wildman–Crippen LogP) is 4.87. The van der Waals surface area contributed by atoms with Crippen LogP contribution in [0.3, 0.4) is 0 Å². The summed E-state index contributed by atoms with van der Waals surface area (Å²) in [6.45, 7) is 0.741. The highest BCUT2D eigenvalue weighted by atomic mass is 35.5. The van der Waals surface area contributed by atoms with Gasteiger partial charge in [0.2, 0.25) is 0 Å². The molecule has 0 amide bonds. The zero-order chi connectivity index (χ0) is 17.9. The lowest BCUT2D eigenvalue weighted by atomic mass is 9.92. The van der Waals surface area contributed by atoms with Crippen molar-refractivity contribution in [3.05, 3.63) is 106 Å². The molecule has 0 saturated heterocycles. The topological polar surface area (TPSA) is 32.3 Å². The summed E-state index contributed by atoms with van der Waals surface area (Å²) in [6.07, 6.45) is 0.352. The van der Waals surface area contributed by atoms with Gasteiger partial charge in [0, 0.05) is 17.5 Å². The largest absolute Gasteiger partial charge is 0.390 e. The van der Waals surface area contributed by atoms with E-state index in [1.165, 1.54) is 22.3 Å². The Morgan fingerprint density at radius 1 is 0.769 bits per heavy atom. The standard InChI is InChI=1S/C23H22ClNO/c24-18-12-10-16(11-13-18)14-21-19-8-4-5-9-20(19)22(23(21)26)25-15-17-6-2-1-3-7-17/h1-13,21-23,25-26H,14-15H2/t21-,22-,23?/m0/s1. The lowest BCUT2D eigenvalue weighted by Crippen LogP contribution is -2.30. The Bertz CT molecular complexity index is 863. The fraction of sp³-hybridized carbons (Fsp3) is 0.217. The molecular formula is C23H22ClNO. The van der Waals surface area contributed by atoms with E-state index >= 15 is 0 Å². The molecule has 0 spiro atoms. The van der Waals surface area contributed by atoms with Crippen LogP contribution < -0.4 is 5.32 Å². The van der Waals surface area contributed by atoms with E-state index in [-0.39, 0.29) is 12.0 Å². The van der Waals surface area contributed by atoms with Gasteiger partial charge in [0.25, 0.3) is 0 Å².